The second-order valence-corrected chi connectivity index (χ2v) is 6.38. The summed E-state index contributed by atoms with van der Waals surface area (Å²) in [6.45, 7) is 4.00. The van der Waals surface area contributed by atoms with Gasteiger partial charge < -0.3 is 16.0 Å². The number of rotatable bonds is 7. The van der Waals surface area contributed by atoms with Gasteiger partial charge in [-0.15, -0.1) is 12.4 Å². The Morgan fingerprint density at radius 2 is 1.69 bits per heavy atom. The number of nitrogens with zero attached hydrogens (tertiary/aromatic N) is 2. The van der Waals surface area contributed by atoms with Crippen LogP contribution in [0.5, 0.6) is 0 Å². The third-order valence-electron chi connectivity index (χ3n) is 3.64. The van der Waals surface area contributed by atoms with Crippen LogP contribution in [0, 0.1) is 5.92 Å². The fourth-order valence-electron chi connectivity index (χ4n) is 2.47. The first kappa shape index (κ1) is 21.7. The summed E-state index contributed by atoms with van der Waals surface area (Å²) in [4.78, 5) is 24.2. The minimum absolute atomic E-state index is 0. The zero-order valence-corrected chi connectivity index (χ0v) is 16.3. The van der Waals surface area contributed by atoms with Crippen LogP contribution in [0.2, 0.25) is 0 Å². The predicted molar refractivity (Wildman–Crippen MR) is 105 cm³/mol. The molecule has 2 amide bonds. The average molecular weight is 380 g/mol. The lowest BCUT2D eigenvalue weighted by Crippen LogP contribution is -2.30. The highest BCUT2D eigenvalue weighted by molar-refractivity contribution is 5.96. The zero-order valence-electron chi connectivity index (χ0n) is 15.4. The molecule has 7 nitrogen and oxygen atoms in total. The number of carbonyl (C=O) groups is 2. The van der Waals surface area contributed by atoms with Gasteiger partial charge in [-0.3, -0.25) is 14.3 Å². The summed E-state index contributed by atoms with van der Waals surface area (Å²) >= 11 is 0. The Balaban J connectivity index is 0.00000338. The van der Waals surface area contributed by atoms with Crippen LogP contribution in [0.25, 0.3) is 0 Å². The minimum Gasteiger partial charge on any atom is -0.326 e. The number of anilines is 2. The number of halogens is 1. The molecule has 3 N–H and O–H groups in total. The number of amides is 2. The van der Waals surface area contributed by atoms with Gasteiger partial charge in [0.1, 0.15) is 6.04 Å². The van der Waals surface area contributed by atoms with Crippen molar-refractivity contribution in [1.82, 2.24) is 15.1 Å². The number of nitrogens with one attached hydrogen (secondary N) is 3. The van der Waals surface area contributed by atoms with E-state index in [1.54, 1.807) is 55.4 Å². The largest absolute Gasteiger partial charge is 0.326 e. The molecule has 1 atom stereocenters. The fraction of sp³-hybridized carbons (Fsp3) is 0.389. The number of aryl methyl sites for hydroxylation is 1. The standard InChI is InChI=1S/C18H25N5O2.ClH/c1-12(2)9-16(24)21-14-5-7-15(8-6-14)22-18(25)17(19-3)13-10-20-23(4)11-13;/h5-8,10-12,17,19H,9H2,1-4H3,(H,21,24)(H,22,25);1H. The normalized spacial score (nSPS) is 11.6. The summed E-state index contributed by atoms with van der Waals surface area (Å²) in [5.74, 6) is 0.121. The second-order valence-electron chi connectivity index (χ2n) is 6.38. The molecular weight excluding hydrogens is 354 g/mol. The van der Waals surface area contributed by atoms with Crippen LogP contribution in [0.1, 0.15) is 31.9 Å². The fourth-order valence-corrected chi connectivity index (χ4v) is 2.47. The second kappa shape index (κ2) is 9.94. The zero-order chi connectivity index (χ0) is 18.4. The topological polar surface area (TPSA) is 88.1 Å². The molecule has 1 aromatic heterocycles. The summed E-state index contributed by atoms with van der Waals surface area (Å²) in [6.07, 6.45) is 3.94. The van der Waals surface area contributed by atoms with Crippen molar-refractivity contribution in [3.63, 3.8) is 0 Å². The summed E-state index contributed by atoms with van der Waals surface area (Å²) in [5, 5.41) is 12.8. The molecular formula is C18H26ClN5O2. The summed E-state index contributed by atoms with van der Waals surface area (Å²) in [5.41, 5.74) is 2.16. The summed E-state index contributed by atoms with van der Waals surface area (Å²) in [6, 6.07) is 6.58. The number of benzene rings is 1. The van der Waals surface area contributed by atoms with E-state index in [0.717, 1.165) is 5.56 Å². The molecule has 8 heteroatoms. The Morgan fingerprint density at radius 1 is 1.12 bits per heavy atom. The molecule has 0 saturated carbocycles. The van der Waals surface area contributed by atoms with Crippen molar-refractivity contribution in [1.29, 1.82) is 0 Å². The highest BCUT2D eigenvalue weighted by Gasteiger charge is 2.20. The van der Waals surface area contributed by atoms with Crippen LogP contribution in [0.3, 0.4) is 0 Å². The predicted octanol–water partition coefficient (Wildman–Crippen LogP) is 2.73. The molecule has 2 aromatic rings. The van der Waals surface area contributed by atoms with Crippen LogP contribution < -0.4 is 16.0 Å². The lowest BCUT2D eigenvalue weighted by molar-refractivity contribution is -0.118. The molecule has 0 aliphatic rings. The molecule has 0 aliphatic carbocycles. The minimum atomic E-state index is -0.487. The van der Waals surface area contributed by atoms with E-state index in [1.807, 2.05) is 13.8 Å². The third-order valence-corrected chi connectivity index (χ3v) is 3.64. The van der Waals surface area contributed by atoms with Gasteiger partial charge in [0, 0.05) is 36.6 Å². The van der Waals surface area contributed by atoms with E-state index in [9.17, 15) is 9.59 Å². The van der Waals surface area contributed by atoms with Gasteiger partial charge in [0.15, 0.2) is 0 Å². The maximum absolute atomic E-state index is 12.5. The quantitative estimate of drug-likeness (QED) is 0.690. The Morgan fingerprint density at radius 3 is 2.15 bits per heavy atom. The van der Waals surface area contributed by atoms with Crippen molar-refractivity contribution in [2.24, 2.45) is 13.0 Å². The van der Waals surface area contributed by atoms with Gasteiger partial charge >= 0.3 is 0 Å². The number of hydrogen-bond donors (Lipinski definition) is 3. The van der Waals surface area contributed by atoms with E-state index in [1.165, 1.54) is 0 Å². The number of aromatic nitrogens is 2. The van der Waals surface area contributed by atoms with E-state index >= 15 is 0 Å². The van der Waals surface area contributed by atoms with E-state index in [4.69, 9.17) is 0 Å². The average Bonchev–Trinajstić information content (AvgIpc) is 2.95. The molecule has 0 aliphatic heterocycles. The van der Waals surface area contributed by atoms with E-state index in [2.05, 4.69) is 21.0 Å². The van der Waals surface area contributed by atoms with Gasteiger partial charge in [-0.25, -0.2) is 0 Å². The lowest BCUT2D eigenvalue weighted by Gasteiger charge is -2.15. The smallest absolute Gasteiger partial charge is 0.246 e. The number of likely N-dealkylation sites (N-methyl/N-ethyl adjacent to an activating group) is 1. The van der Waals surface area contributed by atoms with Crippen molar-refractivity contribution in [2.75, 3.05) is 17.7 Å². The highest BCUT2D eigenvalue weighted by Crippen LogP contribution is 2.18. The summed E-state index contributed by atoms with van der Waals surface area (Å²) < 4.78 is 1.65. The Hall–Kier alpha value is -2.38. The van der Waals surface area contributed by atoms with Gasteiger partial charge in [0.25, 0.3) is 0 Å². The van der Waals surface area contributed by atoms with Gasteiger partial charge in [-0.1, -0.05) is 13.8 Å². The van der Waals surface area contributed by atoms with Crippen LogP contribution in [0.15, 0.2) is 36.7 Å². The molecule has 0 spiro atoms. The van der Waals surface area contributed by atoms with Crippen LogP contribution >= 0.6 is 12.4 Å². The Labute approximate surface area is 160 Å². The van der Waals surface area contributed by atoms with E-state index in [-0.39, 0.29) is 24.2 Å². The highest BCUT2D eigenvalue weighted by atomic mass is 35.5. The van der Waals surface area contributed by atoms with Crippen LogP contribution in [0.4, 0.5) is 11.4 Å². The Bertz CT molecular complexity index is 727. The summed E-state index contributed by atoms with van der Waals surface area (Å²) in [7, 11) is 3.53. The van der Waals surface area contributed by atoms with Gasteiger partial charge in [-0.05, 0) is 37.2 Å². The van der Waals surface area contributed by atoms with Crippen LogP contribution in [-0.2, 0) is 16.6 Å². The number of carbonyl (C=O) groups excluding carboxylic acids is 2. The first-order valence-corrected chi connectivity index (χ1v) is 8.25. The third kappa shape index (κ3) is 6.16. The molecule has 2 rings (SSSR count). The maximum Gasteiger partial charge on any atom is 0.246 e. The van der Waals surface area contributed by atoms with Gasteiger partial charge in [0.2, 0.25) is 11.8 Å². The van der Waals surface area contributed by atoms with Gasteiger partial charge in [0.05, 0.1) is 6.20 Å². The molecule has 142 valence electrons. The maximum atomic E-state index is 12.5. The first-order chi connectivity index (χ1) is 11.9. The molecule has 0 saturated heterocycles. The van der Waals surface area contributed by atoms with Crippen molar-refractivity contribution < 1.29 is 9.59 Å². The lowest BCUT2D eigenvalue weighted by atomic mass is 10.1. The van der Waals surface area contributed by atoms with E-state index in [0.29, 0.717) is 23.7 Å². The molecule has 1 aromatic carbocycles. The molecule has 26 heavy (non-hydrogen) atoms. The number of hydrogen-bond acceptors (Lipinski definition) is 4. The molecule has 0 radical (unpaired) electrons. The van der Waals surface area contributed by atoms with Gasteiger partial charge in [-0.2, -0.15) is 5.10 Å². The Kier molecular flexibility index (Phi) is 8.28. The van der Waals surface area contributed by atoms with Crippen molar-refractivity contribution in [3.05, 3.63) is 42.2 Å². The van der Waals surface area contributed by atoms with Crippen molar-refractivity contribution >= 4 is 35.6 Å². The molecule has 1 unspecified atom stereocenters. The van der Waals surface area contributed by atoms with Crippen molar-refractivity contribution in [3.8, 4) is 0 Å². The molecule has 0 fully saturated rings. The monoisotopic (exact) mass is 379 g/mol. The SMILES string of the molecule is CNC(C(=O)Nc1ccc(NC(=O)CC(C)C)cc1)c1cnn(C)c1.Cl. The molecule has 0 bridgehead atoms. The first-order valence-electron chi connectivity index (χ1n) is 8.25. The van der Waals surface area contributed by atoms with Crippen LogP contribution in [-0.4, -0.2) is 28.6 Å². The van der Waals surface area contributed by atoms with Crippen molar-refractivity contribution in [2.45, 2.75) is 26.3 Å². The molecule has 1 heterocycles. The van der Waals surface area contributed by atoms with E-state index < -0.39 is 6.04 Å².